The molecular weight excluding hydrogens is 410 g/mol. The first-order valence-electron chi connectivity index (χ1n) is 10.8. The first-order chi connectivity index (χ1) is 15.5. The summed E-state index contributed by atoms with van der Waals surface area (Å²) in [5.74, 6) is 0.454. The predicted octanol–water partition coefficient (Wildman–Crippen LogP) is 2.49. The summed E-state index contributed by atoms with van der Waals surface area (Å²) < 4.78 is 13.2. The molecule has 5 rings (SSSR count). The summed E-state index contributed by atoms with van der Waals surface area (Å²) in [4.78, 5) is 32.1. The number of carbonyl (C=O) groups is 2. The van der Waals surface area contributed by atoms with Crippen LogP contribution in [0.3, 0.4) is 0 Å². The number of benzene rings is 1. The van der Waals surface area contributed by atoms with Crippen molar-refractivity contribution in [2.75, 3.05) is 36.5 Å². The first-order valence-corrected chi connectivity index (χ1v) is 10.8. The van der Waals surface area contributed by atoms with E-state index in [2.05, 4.69) is 20.3 Å². The second kappa shape index (κ2) is 7.90. The summed E-state index contributed by atoms with van der Waals surface area (Å²) in [6, 6.07) is 5.61. The average molecular weight is 435 g/mol. The standard InChI is InChI=1S/C23H25N5O4/c1-3-20(29)23(2)13-15-11-17(18(12-19(15)32-23)27-7-9-31-10-8-27)26-22(30)16-14-25-28-6-4-5-24-21(16)28/h4-6,11-12,14H,3,7-10,13H2,1-2H3,(H,26,30)/t23-/m1/s1. The summed E-state index contributed by atoms with van der Waals surface area (Å²) in [5, 5.41) is 7.26. The number of ether oxygens (including phenoxy) is 2. The molecule has 3 aromatic rings. The topological polar surface area (TPSA) is 98.1 Å². The van der Waals surface area contributed by atoms with Gasteiger partial charge in [0.1, 0.15) is 11.3 Å². The van der Waals surface area contributed by atoms with Crippen molar-refractivity contribution in [3.8, 4) is 5.75 Å². The van der Waals surface area contributed by atoms with E-state index in [-0.39, 0.29) is 11.7 Å². The van der Waals surface area contributed by atoms with Crippen molar-refractivity contribution in [2.45, 2.75) is 32.3 Å². The Morgan fingerprint density at radius 1 is 1.25 bits per heavy atom. The number of ketones is 1. The van der Waals surface area contributed by atoms with Crippen molar-refractivity contribution in [2.24, 2.45) is 0 Å². The van der Waals surface area contributed by atoms with E-state index in [0.717, 1.165) is 11.3 Å². The highest BCUT2D eigenvalue weighted by atomic mass is 16.5. The van der Waals surface area contributed by atoms with E-state index >= 15 is 0 Å². The van der Waals surface area contributed by atoms with Crippen molar-refractivity contribution >= 4 is 28.7 Å². The maximum atomic E-state index is 13.2. The molecule has 0 bridgehead atoms. The molecule has 1 fully saturated rings. The highest BCUT2D eigenvalue weighted by Crippen LogP contribution is 2.42. The molecule has 1 saturated heterocycles. The molecule has 2 aliphatic heterocycles. The lowest BCUT2D eigenvalue weighted by atomic mass is 9.93. The molecule has 4 heterocycles. The maximum absolute atomic E-state index is 13.2. The van der Waals surface area contributed by atoms with E-state index in [0.29, 0.717) is 61.8 Å². The molecule has 9 nitrogen and oxygen atoms in total. The fourth-order valence-corrected chi connectivity index (χ4v) is 4.36. The molecular formula is C23H25N5O4. The molecule has 1 atom stereocenters. The lowest BCUT2D eigenvalue weighted by Gasteiger charge is -2.31. The summed E-state index contributed by atoms with van der Waals surface area (Å²) in [5.41, 5.74) is 2.42. The molecule has 0 spiro atoms. The molecule has 2 aliphatic rings. The van der Waals surface area contributed by atoms with E-state index in [1.807, 2.05) is 26.0 Å². The average Bonchev–Trinajstić information content (AvgIpc) is 3.39. The minimum Gasteiger partial charge on any atom is -0.479 e. The lowest BCUT2D eigenvalue weighted by Crippen LogP contribution is -2.39. The lowest BCUT2D eigenvalue weighted by molar-refractivity contribution is -0.131. The number of Topliss-reactive ketones (excluding diaryl/α,β-unsaturated/α-hetero) is 1. The molecule has 166 valence electrons. The number of hydrogen-bond donors (Lipinski definition) is 1. The quantitative estimate of drug-likeness (QED) is 0.657. The number of nitrogens with one attached hydrogen (secondary N) is 1. The number of rotatable bonds is 5. The number of anilines is 2. The van der Waals surface area contributed by atoms with Gasteiger partial charge in [-0.3, -0.25) is 9.59 Å². The van der Waals surface area contributed by atoms with Crippen LogP contribution in [0.5, 0.6) is 5.75 Å². The van der Waals surface area contributed by atoms with E-state index < -0.39 is 5.60 Å². The fraction of sp³-hybridized carbons (Fsp3) is 0.391. The second-order valence-electron chi connectivity index (χ2n) is 8.26. The van der Waals surface area contributed by atoms with Gasteiger partial charge in [0.25, 0.3) is 5.91 Å². The van der Waals surface area contributed by atoms with Crippen LogP contribution >= 0.6 is 0 Å². The summed E-state index contributed by atoms with van der Waals surface area (Å²) >= 11 is 0. The normalized spacial score (nSPS) is 20.1. The van der Waals surface area contributed by atoms with Crippen LogP contribution in [0.1, 0.15) is 36.2 Å². The van der Waals surface area contributed by atoms with Crippen molar-refractivity contribution in [1.82, 2.24) is 14.6 Å². The molecule has 1 aromatic carbocycles. The smallest absolute Gasteiger partial charge is 0.261 e. The third-order valence-electron chi connectivity index (χ3n) is 6.08. The Hall–Kier alpha value is -3.46. The molecule has 1 amide bonds. The second-order valence-corrected chi connectivity index (χ2v) is 8.26. The van der Waals surface area contributed by atoms with Crippen LogP contribution in [-0.4, -0.2) is 58.2 Å². The van der Waals surface area contributed by atoms with E-state index in [9.17, 15) is 9.59 Å². The van der Waals surface area contributed by atoms with Crippen LogP contribution in [0.4, 0.5) is 11.4 Å². The number of hydrogen-bond acceptors (Lipinski definition) is 7. The van der Waals surface area contributed by atoms with Gasteiger partial charge < -0.3 is 19.7 Å². The van der Waals surface area contributed by atoms with Crippen molar-refractivity contribution in [3.63, 3.8) is 0 Å². The number of carbonyl (C=O) groups excluding carboxylic acids is 2. The third-order valence-corrected chi connectivity index (χ3v) is 6.08. The molecule has 1 N–H and O–H groups in total. The van der Waals surface area contributed by atoms with Crippen LogP contribution in [0.15, 0.2) is 36.8 Å². The van der Waals surface area contributed by atoms with Gasteiger partial charge >= 0.3 is 0 Å². The summed E-state index contributed by atoms with van der Waals surface area (Å²) in [6.45, 7) is 6.28. The number of aromatic nitrogens is 3. The Morgan fingerprint density at radius 3 is 2.84 bits per heavy atom. The molecule has 9 heteroatoms. The molecule has 0 radical (unpaired) electrons. The summed E-state index contributed by atoms with van der Waals surface area (Å²) in [7, 11) is 0. The zero-order valence-corrected chi connectivity index (χ0v) is 18.1. The Morgan fingerprint density at radius 2 is 2.06 bits per heavy atom. The highest BCUT2D eigenvalue weighted by Gasteiger charge is 2.41. The van der Waals surface area contributed by atoms with Gasteiger partial charge in [-0.25, -0.2) is 9.50 Å². The van der Waals surface area contributed by atoms with Crippen LogP contribution in [0, 0.1) is 0 Å². The fourth-order valence-electron chi connectivity index (χ4n) is 4.36. The maximum Gasteiger partial charge on any atom is 0.261 e. The van der Waals surface area contributed by atoms with E-state index in [1.165, 1.54) is 6.20 Å². The largest absolute Gasteiger partial charge is 0.479 e. The summed E-state index contributed by atoms with van der Waals surface area (Å²) in [6.07, 6.45) is 5.77. The van der Waals surface area contributed by atoms with Gasteiger partial charge in [0.2, 0.25) is 0 Å². The van der Waals surface area contributed by atoms with Gasteiger partial charge in [0.05, 0.1) is 30.8 Å². The number of morpholine rings is 1. The molecule has 32 heavy (non-hydrogen) atoms. The van der Waals surface area contributed by atoms with Crippen LogP contribution < -0.4 is 15.0 Å². The van der Waals surface area contributed by atoms with Crippen molar-refractivity contribution < 1.29 is 19.1 Å². The Kier molecular flexibility index (Phi) is 5.05. The van der Waals surface area contributed by atoms with Crippen molar-refractivity contribution in [1.29, 1.82) is 0 Å². The third kappa shape index (κ3) is 3.48. The Bertz CT molecular complexity index is 1200. The first kappa shape index (κ1) is 20.4. The molecule has 2 aromatic heterocycles. The molecule has 0 saturated carbocycles. The van der Waals surface area contributed by atoms with E-state index in [4.69, 9.17) is 9.47 Å². The SMILES string of the molecule is CCC(=O)[C@@]1(C)Cc2cc(NC(=O)c3cnn4cccnc34)c(N3CCOCC3)cc2O1. The van der Waals surface area contributed by atoms with Gasteiger partial charge in [-0.05, 0) is 19.1 Å². The van der Waals surface area contributed by atoms with Gasteiger partial charge in [-0.1, -0.05) is 6.92 Å². The van der Waals surface area contributed by atoms with Gasteiger partial charge in [-0.15, -0.1) is 0 Å². The zero-order valence-electron chi connectivity index (χ0n) is 18.1. The van der Waals surface area contributed by atoms with Crippen LogP contribution in [0.2, 0.25) is 0 Å². The zero-order chi connectivity index (χ0) is 22.3. The van der Waals surface area contributed by atoms with Gasteiger partial charge in [-0.2, -0.15) is 5.10 Å². The van der Waals surface area contributed by atoms with Crippen LogP contribution in [-0.2, 0) is 16.0 Å². The van der Waals surface area contributed by atoms with Crippen LogP contribution in [0.25, 0.3) is 5.65 Å². The minimum atomic E-state index is -0.881. The van der Waals surface area contributed by atoms with Gasteiger partial charge in [0, 0.05) is 50.0 Å². The molecule has 0 aliphatic carbocycles. The minimum absolute atomic E-state index is 0.0598. The monoisotopic (exact) mass is 435 g/mol. The number of amides is 1. The van der Waals surface area contributed by atoms with Crippen molar-refractivity contribution in [3.05, 3.63) is 47.9 Å². The number of nitrogens with zero attached hydrogens (tertiary/aromatic N) is 4. The number of fused-ring (bicyclic) bond motifs is 2. The molecule has 0 unspecified atom stereocenters. The van der Waals surface area contributed by atoms with Gasteiger partial charge in [0.15, 0.2) is 17.0 Å². The highest BCUT2D eigenvalue weighted by molar-refractivity contribution is 6.09. The predicted molar refractivity (Wildman–Crippen MR) is 118 cm³/mol. The van der Waals surface area contributed by atoms with E-state index in [1.54, 1.807) is 23.0 Å². The Labute approximate surface area is 185 Å². The Balaban J connectivity index is 1.51.